The highest BCUT2D eigenvalue weighted by atomic mass is 32.2. The van der Waals surface area contributed by atoms with Gasteiger partial charge in [0.25, 0.3) is 0 Å². The molecule has 0 aromatic heterocycles. The second-order valence-corrected chi connectivity index (χ2v) is 4.68. The van der Waals surface area contributed by atoms with E-state index in [4.69, 9.17) is 4.74 Å². The van der Waals surface area contributed by atoms with Crippen molar-refractivity contribution in [2.24, 2.45) is 0 Å². The van der Waals surface area contributed by atoms with Crippen LogP contribution >= 0.6 is 23.5 Å². The summed E-state index contributed by atoms with van der Waals surface area (Å²) in [5, 5.41) is 0.237. The lowest BCUT2D eigenvalue weighted by molar-refractivity contribution is -0.144. The monoisotopic (exact) mass is 206 g/mol. The molecule has 0 amide bonds. The fraction of sp³-hybridized carbons (Fsp3) is 0.714. The molecule has 68 valence electrons. The Bertz CT molecular complexity index is 193. The van der Waals surface area contributed by atoms with Crippen LogP contribution in [0, 0.1) is 0 Å². The average Bonchev–Trinajstić information content (AvgIpc) is 2.05. The summed E-state index contributed by atoms with van der Waals surface area (Å²) in [4.78, 5) is 22.3. The molecule has 0 aromatic rings. The standard InChI is InChI=1S/C7H10O3S2/c1-2-10-7(9)6-5(8)3-11-4-12-6/h6H,2-4H2,1H3/t6-/m0/s1. The molecule has 0 aromatic carbocycles. The minimum absolute atomic E-state index is 0.0188. The molecule has 0 radical (unpaired) electrons. The van der Waals surface area contributed by atoms with Crippen molar-refractivity contribution in [1.29, 1.82) is 0 Å². The molecule has 0 bridgehead atoms. The topological polar surface area (TPSA) is 43.4 Å². The molecule has 1 aliphatic rings. The van der Waals surface area contributed by atoms with Crippen molar-refractivity contribution in [2.75, 3.05) is 17.4 Å². The first kappa shape index (κ1) is 9.92. The van der Waals surface area contributed by atoms with Crippen molar-refractivity contribution in [3.05, 3.63) is 0 Å². The molecule has 1 aliphatic heterocycles. The van der Waals surface area contributed by atoms with Crippen molar-refractivity contribution < 1.29 is 14.3 Å². The highest BCUT2D eigenvalue weighted by molar-refractivity contribution is 8.18. The number of ether oxygens (including phenoxy) is 1. The van der Waals surface area contributed by atoms with E-state index in [0.717, 1.165) is 5.08 Å². The zero-order valence-corrected chi connectivity index (χ0v) is 8.37. The highest BCUT2D eigenvalue weighted by Crippen LogP contribution is 2.26. The largest absolute Gasteiger partial charge is 0.465 e. The first-order valence-corrected chi connectivity index (χ1v) is 5.84. The molecule has 0 N–H and O–H groups in total. The number of hydrogen-bond donors (Lipinski definition) is 0. The van der Waals surface area contributed by atoms with Crippen molar-refractivity contribution in [1.82, 2.24) is 0 Å². The van der Waals surface area contributed by atoms with Crippen molar-refractivity contribution in [3.8, 4) is 0 Å². The Hall–Kier alpha value is -0.160. The van der Waals surface area contributed by atoms with Gasteiger partial charge in [0.1, 0.15) is 0 Å². The molecule has 5 heteroatoms. The molecule has 1 heterocycles. The van der Waals surface area contributed by atoms with Gasteiger partial charge in [0, 0.05) is 5.08 Å². The Labute approximate surface area is 79.6 Å². The Balaban J connectivity index is 2.48. The molecule has 1 saturated heterocycles. The van der Waals surface area contributed by atoms with Crippen LogP contribution in [0.5, 0.6) is 0 Å². The first-order valence-electron chi connectivity index (χ1n) is 3.64. The first-order chi connectivity index (χ1) is 5.75. The van der Waals surface area contributed by atoms with Gasteiger partial charge in [-0.3, -0.25) is 9.59 Å². The molecule has 12 heavy (non-hydrogen) atoms. The van der Waals surface area contributed by atoms with Crippen LogP contribution in [0.25, 0.3) is 0 Å². The number of Topliss-reactive ketones (excluding diaryl/α,β-unsaturated/α-hetero) is 1. The molecule has 0 aliphatic carbocycles. The number of rotatable bonds is 2. The van der Waals surface area contributed by atoms with E-state index < -0.39 is 5.25 Å². The minimum atomic E-state index is -0.564. The van der Waals surface area contributed by atoms with Crippen molar-refractivity contribution in [3.63, 3.8) is 0 Å². The third-order valence-corrected chi connectivity index (χ3v) is 3.84. The van der Waals surface area contributed by atoms with E-state index in [1.807, 2.05) is 0 Å². The molecule has 3 nitrogen and oxygen atoms in total. The summed E-state index contributed by atoms with van der Waals surface area (Å²) in [5.41, 5.74) is 0. The minimum Gasteiger partial charge on any atom is -0.465 e. The van der Waals surface area contributed by atoms with E-state index in [1.165, 1.54) is 11.8 Å². The molecule has 0 spiro atoms. The highest BCUT2D eigenvalue weighted by Gasteiger charge is 2.30. The van der Waals surface area contributed by atoms with Crippen LogP contribution < -0.4 is 0 Å². The van der Waals surface area contributed by atoms with Crippen LogP contribution in [0.1, 0.15) is 6.92 Å². The van der Waals surface area contributed by atoms with Gasteiger partial charge in [0.05, 0.1) is 12.4 Å². The summed E-state index contributed by atoms with van der Waals surface area (Å²) in [6.07, 6.45) is 0. The van der Waals surface area contributed by atoms with Crippen molar-refractivity contribution in [2.45, 2.75) is 12.2 Å². The molecule has 1 rings (SSSR count). The van der Waals surface area contributed by atoms with Gasteiger partial charge in [-0.15, -0.1) is 23.5 Å². The smallest absolute Gasteiger partial charge is 0.326 e. The molecular weight excluding hydrogens is 196 g/mol. The van der Waals surface area contributed by atoms with Gasteiger partial charge >= 0.3 is 5.97 Å². The van der Waals surface area contributed by atoms with Crippen LogP contribution in [0.3, 0.4) is 0 Å². The van der Waals surface area contributed by atoms with E-state index >= 15 is 0 Å². The van der Waals surface area contributed by atoms with Crippen LogP contribution in [0.2, 0.25) is 0 Å². The number of esters is 1. The maximum Gasteiger partial charge on any atom is 0.326 e. The number of hydrogen-bond acceptors (Lipinski definition) is 5. The lowest BCUT2D eigenvalue weighted by Crippen LogP contribution is -2.33. The normalized spacial score (nSPS) is 23.8. The molecule has 0 unspecified atom stereocenters. The maximum absolute atomic E-state index is 11.2. The van der Waals surface area contributed by atoms with Crippen LogP contribution in [-0.2, 0) is 14.3 Å². The Morgan fingerprint density at radius 2 is 2.50 bits per heavy atom. The van der Waals surface area contributed by atoms with E-state index in [1.54, 1.807) is 18.7 Å². The quantitative estimate of drug-likeness (QED) is 0.496. The van der Waals surface area contributed by atoms with Gasteiger partial charge in [0.2, 0.25) is 0 Å². The number of carbonyl (C=O) groups excluding carboxylic acids is 2. The van der Waals surface area contributed by atoms with Crippen LogP contribution in [-0.4, -0.2) is 34.4 Å². The summed E-state index contributed by atoms with van der Waals surface area (Å²) in [6.45, 7) is 2.08. The zero-order valence-electron chi connectivity index (χ0n) is 6.74. The van der Waals surface area contributed by atoms with Crippen molar-refractivity contribution >= 4 is 35.3 Å². The third-order valence-electron chi connectivity index (χ3n) is 1.36. The lowest BCUT2D eigenvalue weighted by atomic mass is 10.3. The number of thioether (sulfide) groups is 2. The molecule has 1 fully saturated rings. The van der Waals surface area contributed by atoms with E-state index in [0.29, 0.717) is 12.4 Å². The van der Waals surface area contributed by atoms with Gasteiger partial charge in [-0.2, -0.15) is 0 Å². The van der Waals surface area contributed by atoms with Gasteiger partial charge in [-0.25, -0.2) is 0 Å². The Morgan fingerprint density at radius 1 is 1.75 bits per heavy atom. The average molecular weight is 206 g/mol. The fourth-order valence-electron chi connectivity index (χ4n) is 0.844. The molecule has 1 atom stereocenters. The second-order valence-electron chi connectivity index (χ2n) is 2.23. The van der Waals surface area contributed by atoms with E-state index in [-0.39, 0.29) is 11.8 Å². The Morgan fingerprint density at radius 3 is 3.08 bits per heavy atom. The molecule has 0 saturated carbocycles. The van der Waals surface area contributed by atoms with Gasteiger partial charge in [-0.05, 0) is 6.92 Å². The summed E-state index contributed by atoms with van der Waals surface area (Å²) >= 11 is 2.91. The Kier molecular flexibility index (Phi) is 3.94. The fourth-order valence-corrected chi connectivity index (χ4v) is 3.05. The van der Waals surface area contributed by atoms with Gasteiger partial charge < -0.3 is 4.74 Å². The van der Waals surface area contributed by atoms with Gasteiger partial charge in [0.15, 0.2) is 11.0 Å². The number of ketones is 1. The summed E-state index contributed by atoms with van der Waals surface area (Å²) in [5.74, 6) is 0.0405. The summed E-state index contributed by atoms with van der Waals surface area (Å²) in [6, 6.07) is 0. The second kappa shape index (κ2) is 4.77. The third kappa shape index (κ3) is 2.42. The maximum atomic E-state index is 11.2. The van der Waals surface area contributed by atoms with E-state index in [2.05, 4.69) is 0 Å². The van der Waals surface area contributed by atoms with Crippen LogP contribution in [0.4, 0.5) is 0 Å². The van der Waals surface area contributed by atoms with Gasteiger partial charge in [-0.1, -0.05) is 0 Å². The summed E-state index contributed by atoms with van der Waals surface area (Å²) in [7, 11) is 0. The zero-order chi connectivity index (χ0) is 8.97. The predicted octanol–water partition coefficient (Wildman–Crippen LogP) is 0.925. The summed E-state index contributed by atoms with van der Waals surface area (Å²) < 4.78 is 4.76. The SMILES string of the molecule is CCOC(=O)[C@H]1SCSCC1=O. The van der Waals surface area contributed by atoms with E-state index in [9.17, 15) is 9.59 Å². The lowest BCUT2D eigenvalue weighted by Gasteiger charge is -2.17. The predicted molar refractivity (Wildman–Crippen MR) is 50.3 cm³/mol. The number of carbonyl (C=O) groups is 2. The molecular formula is C7H10O3S2. The van der Waals surface area contributed by atoms with Crippen LogP contribution in [0.15, 0.2) is 0 Å².